The van der Waals surface area contributed by atoms with Crippen LogP contribution in [0.15, 0.2) is 54.9 Å². The normalized spacial score (nSPS) is 12.8. The van der Waals surface area contributed by atoms with Gasteiger partial charge in [-0.3, -0.25) is 4.79 Å². The number of rotatable bonds is 4. The van der Waals surface area contributed by atoms with E-state index in [4.69, 9.17) is 0 Å². The van der Waals surface area contributed by atoms with E-state index in [0.717, 1.165) is 29.4 Å². The fraction of sp³-hybridized carbons (Fsp3) is 0.100. The molecular formula is C20H16F2N4O2. The van der Waals surface area contributed by atoms with E-state index in [2.05, 4.69) is 10.3 Å². The molecule has 1 aromatic heterocycles. The molecule has 6 nitrogen and oxygen atoms in total. The van der Waals surface area contributed by atoms with Gasteiger partial charge in [0.15, 0.2) is 0 Å². The summed E-state index contributed by atoms with van der Waals surface area (Å²) in [4.78, 5) is 18.6. The number of hydrogen-bond acceptors (Lipinski definition) is 4. The number of fused-ring (bicyclic) bond motifs is 1. The van der Waals surface area contributed by atoms with E-state index in [1.807, 2.05) is 35.4 Å². The van der Waals surface area contributed by atoms with Crippen LogP contribution in [0, 0.1) is 11.6 Å². The lowest BCUT2D eigenvalue weighted by Gasteiger charge is -2.25. The molecule has 0 spiro atoms. The van der Waals surface area contributed by atoms with Gasteiger partial charge in [-0.1, -0.05) is 12.1 Å². The first-order valence-electron chi connectivity index (χ1n) is 8.51. The van der Waals surface area contributed by atoms with Gasteiger partial charge in [-0.2, -0.15) is 0 Å². The molecule has 0 unspecified atom stereocenters. The Kier molecular flexibility index (Phi) is 4.62. The number of carbonyl (C=O) groups is 1. The number of nitrogens with one attached hydrogen (secondary N) is 1. The van der Waals surface area contributed by atoms with Crippen LogP contribution in [-0.4, -0.2) is 20.6 Å². The predicted octanol–water partition coefficient (Wildman–Crippen LogP) is 3.35. The van der Waals surface area contributed by atoms with Crippen molar-refractivity contribution in [1.82, 2.24) is 9.55 Å². The number of amides is 1. The van der Waals surface area contributed by atoms with Crippen molar-refractivity contribution >= 4 is 23.4 Å². The van der Waals surface area contributed by atoms with E-state index in [-0.39, 0.29) is 18.0 Å². The number of benzene rings is 2. The minimum Gasteiger partial charge on any atom is -0.392 e. The van der Waals surface area contributed by atoms with Crippen molar-refractivity contribution < 1.29 is 18.7 Å². The molecule has 0 saturated carbocycles. The van der Waals surface area contributed by atoms with Crippen LogP contribution >= 0.6 is 0 Å². The molecule has 1 aliphatic heterocycles. The molecule has 0 bridgehead atoms. The number of aliphatic hydroxyl groups is 1. The Hall–Kier alpha value is -3.52. The van der Waals surface area contributed by atoms with Crippen LogP contribution in [0.25, 0.3) is 6.08 Å². The number of anilines is 2. The maximum atomic E-state index is 13.3. The van der Waals surface area contributed by atoms with Crippen LogP contribution in [0.5, 0.6) is 0 Å². The summed E-state index contributed by atoms with van der Waals surface area (Å²) in [6.45, 7) is 0.377. The summed E-state index contributed by atoms with van der Waals surface area (Å²) in [5.74, 6) is -1.52. The number of nitrogens with zero attached hydrogens (tertiary/aromatic N) is 3. The maximum Gasteiger partial charge on any atom is 0.275 e. The number of imidazole rings is 1. The van der Waals surface area contributed by atoms with Gasteiger partial charge in [0.25, 0.3) is 5.91 Å². The van der Waals surface area contributed by atoms with Crippen LogP contribution in [0.1, 0.15) is 21.9 Å². The zero-order valence-corrected chi connectivity index (χ0v) is 14.6. The molecule has 8 heteroatoms. The molecular weight excluding hydrogens is 366 g/mol. The fourth-order valence-electron chi connectivity index (χ4n) is 2.98. The summed E-state index contributed by atoms with van der Waals surface area (Å²) in [7, 11) is 0. The number of aliphatic hydroxyl groups excluding tert-OH is 1. The minimum absolute atomic E-state index is 0.0199. The van der Waals surface area contributed by atoms with Crippen molar-refractivity contribution in [3.8, 4) is 0 Å². The first-order valence-corrected chi connectivity index (χ1v) is 8.51. The highest BCUT2D eigenvalue weighted by Gasteiger charge is 2.18. The molecule has 2 N–H and O–H groups in total. The average molecular weight is 382 g/mol. The molecule has 2 heterocycles. The quantitative estimate of drug-likeness (QED) is 0.726. The second-order valence-corrected chi connectivity index (χ2v) is 6.32. The molecule has 0 aliphatic carbocycles. The zero-order chi connectivity index (χ0) is 19.7. The monoisotopic (exact) mass is 382 g/mol. The van der Waals surface area contributed by atoms with Gasteiger partial charge in [0, 0.05) is 29.8 Å². The van der Waals surface area contributed by atoms with Crippen molar-refractivity contribution in [3.63, 3.8) is 0 Å². The van der Waals surface area contributed by atoms with Gasteiger partial charge in [0.2, 0.25) is 0 Å². The van der Waals surface area contributed by atoms with E-state index in [1.165, 1.54) is 0 Å². The number of aromatic nitrogens is 2. The molecule has 142 valence electrons. The lowest BCUT2D eigenvalue weighted by Crippen LogP contribution is -2.23. The Balaban J connectivity index is 1.52. The predicted molar refractivity (Wildman–Crippen MR) is 100 cm³/mol. The van der Waals surface area contributed by atoms with E-state index in [1.54, 1.807) is 16.8 Å². The molecule has 4 rings (SSSR count). The topological polar surface area (TPSA) is 70.4 Å². The first kappa shape index (κ1) is 17.9. The lowest BCUT2D eigenvalue weighted by atomic mass is 10.2. The van der Waals surface area contributed by atoms with Crippen LogP contribution < -0.4 is 10.2 Å². The highest BCUT2D eigenvalue weighted by molar-refractivity contribution is 6.03. The number of carbonyl (C=O) groups excluding carboxylic acids is 1. The Morgan fingerprint density at radius 1 is 1.18 bits per heavy atom. The molecule has 0 atom stereocenters. The summed E-state index contributed by atoms with van der Waals surface area (Å²) in [6, 6.07) is 10.3. The SMILES string of the molecule is O=C(Nc1cc(F)cc(F)c1)c1cn2c(n1)C=CN(c1cccc(CO)c1)C2. The van der Waals surface area contributed by atoms with Crippen LogP contribution in [0.3, 0.4) is 0 Å². The van der Waals surface area contributed by atoms with Crippen molar-refractivity contribution in [2.24, 2.45) is 0 Å². The molecule has 28 heavy (non-hydrogen) atoms. The highest BCUT2D eigenvalue weighted by Crippen LogP contribution is 2.23. The zero-order valence-electron chi connectivity index (χ0n) is 14.6. The summed E-state index contributed by atoms with van der Waals surface area (Å²) in [6.07, 6.45) is 5.17. The Morgan fingerprint density at radius 2 is 1.96 bits per heavy atom. The van der Waals surface area contributed by atoms with Crippen LogP contribution in [0.2, 0.25) is 0 Å². The Bertz CT molecular complexity index is 1060. The summed E-state index contributed by atoms with van der Waals surface area (Å²) in [5.41, 5.74) is 1.84. The van der Waals surface area contributed by atoms with Crippen molar-refractivity contribution in [3.05, 3.63) is 83.6 Å². The maximum absolute atomic E-state index is 13.3. The van der Waals surface area contributed by atoms with Gasteiger partial charge in [0.1, 0.15) is 29.8 Å². The number of hydrogen-bond donors (Lipinski definition) is 2. The first-order chi connectivity index (χ1) is 13.5. The third-order valence-electron chi connectivity index (χ3n) is 4.29. The summed E-state index contributed by atoms with van der Waals surface area (Å²) >= 11 is 0. The van der Waals surface area contributed by atoms with E-state index in [9.17, 15) is 18.7 Å². The molecule has 0 fully saturated rings. The summed E-state index contributed by atoms with van der Waals surface area (Å²) in [5, 5.41) is 11.7. The average Bonchev–Trinajstić information content (AvgIpc) is 3.10. The highest BCUT2D eigenvalue weighted by atomic mass is 19.1. The van der Waals surface area contributed by atoms with Crippen molar-refractivity contribution in [1.29, 1.82) is 0 Å². The van der Waals surface area contributed by atoms with E-state index < -0.39 is 17.5 Å². The van der Waals surface area contributed by atoms with Crippen molar-refractivity contribution in [2.45, 2.75) is 13.3 Å². The third-order valence-corrected chi connectivity index (χ3v) is 4.29. The lowest BCUT2D eigenvalue weighted by molar-refractivity contribution is 0.102. The largest absolute Gasteiger partial charge is 0.392 e. The molecule has 1 amide bonds. The molecule has 2 aromatic carbocycles. The smallest absolute Gasteiger partial charge is 0.275 e. The minimum atomic E-state index is -0.775. The molecule has 0 radical (unpaired) electrons. The van der Waals surface area contributed by atoms with Gasteiger partial charge in [-0.25, -0.2) is 13.8 Å². The van der Waals surface area contributed by atoms with Gasteiger partial charge in [-0.05, 0) is 35.9 Å². The third kappa shape index (κ3) is 3.63. The van der Waals surface area contributed by atoms with E-state index in [0.29, 0.717) is 12.5 Å². The standard InChI is InChI=1S/C20H16F2N4O2/c21-14-7-15(22)9-16(8-14)23-20(28)18-10-26-12-25(5-4-19(26)24-18)17-3-1-2-13(6-17)11-27/h1-10,27H,11-12H2,(H,23,28). The van der Waals surface area contributed by atoms with E-state index >= 15 is 0 Å². The van der Waals surface area contributed by atoms with Gasteiger partial charge in [0.05, 0.1) is 6.61 Å². The Labute approximate surface area is 159 Å². The molecule has 1 aliphatic rings. The molecule has 3 aromatic rings. The number of halogens is 2. The molecule has 0 saturated heterocycles. The van der Waals surface area contributed by atoms with Gasteiger partial charge >= 0.3 is 0 Å². The fourth-order valence-corrected chi connectivity index (χ4v) is 2.98. The second kappa shape index (κ2) is 7.24. The van der Waals surface area contributed by atoms with Crippen LogP contribution in [-0.2, 0) is 13.3 Å². The second-order valence-electron chi connectivity index (χ2n) is 6.32. The Morgan fingerprint density at radius 3 is 2.71 bits per heavy atom. The van der Waals surface area contributed by atoms with Gasteiger partial charge < -0.3 is 19.9 Å². The summed E-state index contributed by atoms with van der Waals surface area (Å²) < 4.78 is 28.4. The van der Waals surface area contributed by atoms with Crippen LogP contribution in [0.4, 0.5) is 20.2 Å². The van der Waals surface area contributed by atoms with Gasteiger partial charge in [-0.15, -0.1) is 0 Å². The van der Waals surface area contributed by atoms with Crippen molar-refractivity contribution in [2.75, 3.05) is 10.2 Å².